The molecule has 480 valence electrons. The first-order valence-corrected chi connectivity index (χ1v) is 31.3. The third kappa shape index (κ3) is 19.1. The standard InChI is InChI=1S/C63H85N13O12S/c1-8-34(5)53(75-55(79)42(64)25-36-29-66-43-19-13-10-16-39(36)43)62(86)74-51(32-77)60(84)71-49(28-52(65)78)58(82)70-48(26-37-30-67-44-20-14-11-17-40(37)44)59(83)76-54(35(6)9-2)61(85)72-47(24-33(3)4)57(81)69-46(22-23-89-7)56(80)73-50(63(87)88)27-38-31-68-45-21-15-12-18-41(38)45/h10-21,29-31,33-35,42,46-51,53-54,66-68,77H,8-9,22-28,32,64H2,1-7H3,(H2,65,78)(H,69,81)(H,70,82)(H,71,84)(H,72,85)(H,73,80)(H,74,86)(H,75,79)(H,76,83)(H,87,88)/t34-,35-,42-,46-,47-,48-,49-,50-,51-,53-,54-/m0/s1. The summed E-state index contributed by atoms with van der Waals surface area (Å²) in [5.41, 5.74) is 16.3. The van der Waals surface area contributed by atoms with Crippen molar-refractivity contribution in [2.45, 2.75) is 147 Å². The van der Waals surface area contributed by atoms with E-state index in [1.165, 1.54) is 11.8 Å². The van der Waals surface area contributed by atoms with E-state index in [2.05, 4.69) is 57.5 Å². The predicted octanol–water partition coefficient (Wildman–Crippen LogP) is 2.21. The zero-order valence-corrected chi connectivity index (χ0v) is 52.0. The van der Waals surface area contributed by atoms with Crippen LogP contribution in [0.5, 0.6) is 0 Å². The smallest absolute Gasteiger partial charge is 0.326 e. The zero-order valence-electron chi connectivity index (χ0n) is 51.2. The van der Waals surface area contributed by atoms with Gasteiger partial charge in [0.2, 0.25) is 53.2 Å². The van der Waals surface area contributed by atoms with Gasteiger partial charge in [-0.15, -0.1) is 0 Å². The Morgan fingerprint density at radius 1 is 0.494 bits per heavy atom. The molecule has 89 heavy (non-hydrogen) atoms. The highest BCUT2D eigenvalue weighted by Gasteiger charge is 2.38. The molecule has 0 aliphatic carbocycles. The van der Waals surface area contributed by atoms with E-state index in [4.69, 9.17) is 11.5 Å². The van der Waals surface area contributed by atoms with Crippen molar-refractivity contribution in [3.05, 3.63) is 108 Å². The minimum absolute atomic E-state index is 0.0545. The number of aliphatic carboxylic acids is 1. The minimum Gasteiger partial charge on any atom is -0.480 e. The maximum Gasteiger partial charge on any atom is 0.326 e. The average molecular weight is 1250 g/mol. The van der Waals surface area contributed by atoms with Crippen molar-refractivity contribution in [2.75, 3.05) is 18.6 Å². The monoisotopic (exact) mass is 1250 g/mol. The molecule has 0 fully saturated rings. The number of H-pyrrole nitrogens is 3. The molecule has 0 bridgehead atoms. The molecular formula is C63H85N13O12S. The van der Waals surface area contributed by atoms with Crippen LogP contribution >= 0.6 is 11.8 Å². The van der Waals surface area contributed by atoms with Crippen molar-refractivity contribution in [2.24, 2.45) is 29.2 Å². The van der Waals surface area contributed by atoms with Crippen LogP contribution in [0.25, 0.3) is 32.7 Å². The molecule has 9 amide bonds. The van der Waals surface area contributed by atoms with E-state index in [0.29, 0.717) is 40.6 Å². The summed E-state index contributed by atoms with van der Waals surface area (Å²) in [6, 6.07) is 9.41. The number of carbonyl (C=O) groups is 10. The fourth-order valence-corrected chi connectivity index (χ4v) is 10.9. The second-order valence-corrected chi connectivity index (χ2v) is 24.0. The molecule has 6 rings (SSSR count). The number of carboxylic acids is 1. The van der Waals surface area contributed by atoms with E-state index >= 15 is 0 Å². The van der Waals surface area contributed by atoms with Crippen molar-refractivity contribution >= 4 is 104 Å². The fraction of sp³-hybridized carbons (Fsp3) is 0.460. The zero-order chi connectivity index (χ0) is 65.1. The van der Waals surface area contributed by atoms with Crippen LogP contribution in [0.1, 0.15) is 90.3 Å². The maximum atomic E-state index is 14.8. The SMILES string of the molecule is CC[C@H](C)[C@H](NC(=O)[C@H](Cc1c[nH]c2ccccc12)NC(=O)[C@H](CC(N)=O)NC(=O)[C@H](CO)NC(=O)[C@@H](NC(=O)[C@@H](N)Cc1c[nH]c2ccccc12)[C@@H](C)CC)C(=O)N[C@@H](CC(C)C)C(=O)N[C@@H](CCSC)C(=O)N[C@@H](Cc1c[nH]c2ccccc12)C(=O)O. The molecule has 25 nitrogen and oxygen atoms in total. The Kier molecular flexibility index (Phi) is 25.7. The molecule has 0 aliphatic rings. The van der Waals surface area contributed by atoms with Gasteiger partial charge < -0.3 is 79.2 Å². The van der Waals surface area contributed by atoms with Crippen molar-refractivity contribution in [3.8, 4) is 0 Å². The second kappa shape index (κ2) is 33.0. The van der Waals surface area contributed by atoms with Gasteiger partial charge in [-0.2, -0.15) is 11.8 Å². The first-order chi connectivity index (χ1) is 42.5. The first kappa shape index (κ1) is 69.4. The van der Waals surface area contributed by atoms with Gasteiger partial charge in [-0.05, 0) is 83.9 Å². The number of benzene rings is 3. The largest absolute Gasteiger partial charge is 0.480 e. The molecule has 0 radical (unpaired) electrons. The van der Waals surface area contributed by atoms with Gasteiger partial charge in [0, 0.05) is 64.1 Å². The average Bonchev–Trinajstić information content (AvgIpc) is 3.77. The highest BCUT2D eigenvalue weighted by atomic mass is 32.2. The number of nitrogens with two attached hydrogens (primary N) is 2. The Morgan fingerprint density at radius 2 is 0.876 bits per heavy atom. The topological polar surface area (TPSA) is 407 Å². The number of aliphatic hydroxyl groups excluding tert-OH is 1. The number of hydrogen-bond acceptors (Lipinski definition) is 13. The van der Waals surface area contributed by atoms with Gasteiger partial charge in [-0.1, -0.05) is 109 Å². The molecule has 26 heteroatoms. The van der Waals surface area contributed by atoms with Crippen LogP contribution in [0, 0.1) is 17.8 Å². The summed E-state index contributed by atoms with van der Waals surface area (Å²) in [6.45, 7) is 9.61. The van der Waals surface area contributed by atoms with E-state index in [1.807, 2.05) is 68.6 Å². The van der Waals surface area contributed by atoms with Crippen molar-refractivity contribution in [1.29, 1.82) is 0 Å². The summed E-state index contributed by atoms with van der Waals surface area (Å²) >= 11 is 1.41. The summed E-state index contributed by atoms with van der Waals surface area (Å²) in [7, 11) is 0. The van der Waals surface area contributed by atoms with Gasteiger partial charge in [0.05, 0.1) is 19.1 Å². The fourth-order valence-electron chi connectivity index (χ4n) is 10.4. The van der Waals surface area contributed by atoms with Gasteiger partial charge in [0.15, 0.2) is 0 Å². The van der Waals surface area contributed by atoms with Crippen LogP contribution in [-0.4, -0.2) is 157 Å². The summed E-state index contributed by atoms with van der Waals surface area (Å²) in [5, 5.41) is 44.2. The number of primary amides is 1. The number of aliphatic hydroxyl groups is 1. The molecule has 3 heterocycles. The predicted molar refractivity (Wildman–Crippen MR) is 339 cm³/mol. The number of amides is 9. The van der Waals surface area contributed by atoms with Gasteiger partial charge in [-0.3, -0.25) is 43.2 Å². The van der Waals surface area contributed by atoms with E-state index in [-0.39, 0.29) is 38.0 Å². The lowest BCUT2D eigenvalue weighted by Gasteiger charge is -2.30. The second-order valence-electron chi connectivity index (χ2n) is 23.0. The minimum atomic E-state index is -1.79. The van der Waals surface area contributed by atoms with Crippen LogP contribution < -0.4 is 54.0 Å². The van der Waals surface area contributed by atoms with E-state index in [9.17, 15) is 58.2 Å². The van der Waals surface area contributed by atoms with Crippen molar-refractivity contribution in [1.82, 2.24) is 57.5 Å². The normalized spacial score (nSPS) is 15.2. The summed E-state index contributed by atoms with van der Waals surface area (Å²) < 4.78 is 0. The first-order valence-electron chi connectivity index (χ1n) is 29.9. The third-order valence-corrected chi connectivity index (χ3v) is 16.6. The Bertz CT molecular complexity index is 3450. The van der Waals surface area contributed by atoms with Gasteiger partial charge >= 0.3 is 5.97 Å². The molecular weight excluding hydrogens is 1160 g/mol. The van der Waals surface area contributed by atoms with E-state index < -0.39 is 138 Å². The molecule has 0 saturated carbocycles. The Hall–Kier alpha value is -8.75. The lowest BCUT2D eigenvalue weighted by molar-refractivity contribution is -0.142. The molecule has 3 aromatic heterocycles. The van der Waals surface area contributed by atoms with Crippen LogP contribution in [0.4, 0.5) is 0 Å². The van der Waals surface area contributed by atoms with Crippen molar-refractivity contribution in [3.63, 3.8) is 0 Å². The van der Waals surface area contributed by atoms with Gasteiger partial charge in [-0.25, -0.2) is 4.79 Å². The lowest BCUT2D eigenvalue weighted by atomic mass is 9.95. The number of thioether (sulfide) groups is 1. The molecule has 0 aliphatic heterocycles. The number of aromatic amines is 3. The van der Waals surface area contributed by atoms with E-state index in [0.717, 1.165) is 27.4 Å². The Morgan fingerprint density at radius 3 is 1.34 bits per heavy atom. The molecule has 17 N–H and O–H groups in total. The molecule has 0 saturated heterocycles. The number of carbonyl (C=O) groups excluding carboxylic acids is 9. The van der Waals surface area contributed by atoms with Crippen LogP contribution in [-0.2, 0) is 67.2 Å². The molecule has 3 aromatic carbocycles. The number of fused-ring (bicyclic) bond motifs is 3. The van der Waals surface area contributed by atoms with Gasteiger partial charge in [0.25, 0.3) is 0 Å². The number of aromatic nitrogens is 3. The Balaban J connectivity index is 1.18. The highest BCUT2D eigenvalue weighted by Crippen LogP contribution is 2.23. The summed E-state index contributed by atoms with van der Waals surface area (Å²) in [6.07, 6.45) is 6.85. The number of rotatable bonds is 35. The summed E-state index contributed by atoms with van der Waals surface area (Å²) in [4.78, 5) is 148. The maximum absolute atomic E-state index is 14.8. The molecule has 11 atom stereocenters. The number of hydrogen-bond donors (Lipinski definition) is 15. The molecule has 6 aromatic rings. The third-order valence-electron chi connectivity index (χ3n) is 15.9. The molecule has 0 spiro atoms. The Labute approximate surface area is 520 Å². The molecule has 0 unspecified atom stereocenters. The van der Waals surface area contributed by atoms with Gasteiger partial charge in [0.1, 0.15) is 48.3 Å². The number of nitrogens with one attached hydrogen (secondary N) is 11. The van der Waals surface area contributed by atoms with Crippen LogP contribution in [0.2, 0.25) is 0 Å². The lowest BCUT2D eigenvalue weighted by Crippen LogP contribution is -2.62. The number of para-hydroxylation sites is 3. The quantitative estimate of drug-likeness (QED) is 0.0271. The number of carboxylic acid groups (broad SMARTS) is 1. The van der Waals surface area contributed by atoms with E-state index in [1.54, 1.807) is 70.6 Å². The van der Waals surface area contributed by atoms with Crippen LogP contribution in [0.3, 0.4) is 0 Å². The van der Waals surface area contributed by atoms with Crippen LogP contribution in [0.15, 0.2) is 91.4 Å². The highest BCUT2D eigenvalue weighted by molar-refractivity contribution is 7.98. The van der Waals surface area contributed by atoms with Crippen molar-refractivity contribution < 1.29 is 58.2 Å². The summed E-state index contributed by atoms with van der Waals surface area (Å²) in [5.74, 6) is -10.1.